The van der Waals surface area contributed by atoms with Crippen molar-refractivity contribution in [3.05, 3.63) is 54.4 Å². The lowest BCUT2D eigenvalue weighted by atomic mass is 10.1. The fourth-order valence-corrected chi connectivity index (χ4v) is 3.55. The molecule has 26 heavy (non-hydrogen) atoms. The lowest BCUT2D eigenvalue weighted by Gasteiger charge is -2.26. The summed E-state index contributed by atoms with van der Waals surface area (Å²) in [5.41, 5.74) is 3.99. The number of methoxy groups -OCH3 is 1. The summed E-state index contributed by atoms with van der Waals surface area (Å²) in [5.74, 6) is 1.05. The molecule has 1 aliphatic rings. The van der Waals surface area contributed by atoms with Crippen molar-refractivity contribution in [2.75, 3.05) is 20.2 Å². The van der Waals surface area contributed by atoms with Gasteiger partial charge in [0.15, 0.2) is 0 Å². The molecule has 0 saturated carbocycles. The molecular weight excluding hydrogens is 326 g/mol. The molecule has 1 saturated heterocycles. The van der Waals surface area contributed by atoms with Gasteiger partial charge in [0.25, 0.3) is 0 Å². The Morgan fingerprint density at radius 1 is 1.08 bits per heavy atom. The smallest absolute Gasteiger partial charge is 0.226 e. The number of imidazole rings is 1. The Bertz CT molecular complexity index is 909. The van der Waals surface area contributed by atoms with E-state index in [1.807, 2.05) is 58.3 Å². The Kier molecular flexibility index (Phi) is 4.61. The summed E-state index contributed by atoms with van der Waals surface area (Å²) in [6, 6.07) is 14.0. The number of rotatable bonds is 4. The number of likely N-dealkylation sites (tertiary alicyclic amines) is 1. The van der Waals surface area contributed by atoms with Gasteiger partial charge in [0, 0.05) is 18.8 Å². The van der Waals surface area contributed by atoms with Crippen LogP contribution in [0.5, 0.6) is 5.75 Å². The highest BCUT2D eigenvalue weighted by atomic mass is 16.5. The largest absolute Gasteiger partial charge is 0.497 e. The third-order valence-corrected chi connectivity index (χ3v) is 5.03. The van der Waals surface area contributed by atoms with Crippen molar-refractivity contribution in [2.45, 2.75) is 25.7 Å². The first-order chi connectivity index (χ1) is 12.7. The molecule has 5 nitrogen and oxygen atoms in total. The SMILES string of the molecule is COc1ccc(-n2cnc3cc(CC(=O)N4CCCCC4)ccc32)cc1. The highest BCUT2D eigenvalue weighted by Crippen LogP contribution is 2.22. The van der Waals surface area contributed by atoms with Crippen LogP contribution in [0.4, 0.5) is 0 Å². The summed E-state index contributed by atoms with van der Waals surface area (Å²) >= 11 is 0. The first kappa shape index (κ1) is 16.6. The van der Waals surface area contributed by atoms with E-state index in [0.717, 1.165) is 54.0 Å². The third-order valence-electron chi connectivity index (χ3n) is 5.03. The average molecular weight is 349 g/mol. The van der Waals surface area contributed by atoms with Gasteiger partial charge in [-0.3, -0.25) is 9.36 Å². The maximum Gasteiger partial charge on any atom is 0.226 e. The molecule has 134 valence electrons. The standard InChI is InChI=1S/C21H23N3O2/c1-26-18-8-6-17(7-9-18)24-15-22-19-13-16(5-10-20(19)24)14-21(25)23-11-3-2-4-12-23/h5-10,13,15H,2-4,11-12,14H2,1H3. The van der Waals surface area contributed by atoms with Gasteiger partial charge in [0.2, 0.25) is 5.91 Å². The lowest BCUT2D eigenvalue weighted by Crippen LogP contribution is -2.36. The van der Waals surface area contributed by atoms with Crippen molar-refractivity contribution < 1.29 is 9.53 Å². The zero-order chi connectivity index (χ0) is 17.9. The van der Waals surface area contributed by atoms with E-state index in [9.17, 15) is 4.79 Å². The summed E-state index contributed by atoms with van der Waals surface area (Å²) in [6.07, 6.45) is 5.75. The molecule has 1 fully saturated rings. The monoisotopic (exact) mass is 349 g/mol. The molecule has 0 N–H and O–H groups in total. The molecule has 4 rings (SSSR count). The normalized spacial score (nSPS) is 14.6. The molecular formula is C21H23N3O2. The molecule has 0 unspecified atom stereocenters. The number of carbonyl (C=O) groups excluding carboxylic acids is 1. The number of carbonyl (C=O) groups is 1. The Balaban J connectivity index is 1.55. The molecule has 3 aromatic rings. The molecule has 5 heteroatoms. The summed E-state index contributed by atoms with van der Waals surface area (Å²) in [6.45, 7) is 1.79. The number of hydrogen-bond donors (Lipinski definition) is 0. The second-order valence-corrected chi connectivity index (χ2v) is 6.75. The molecule has 2 aromatic carbocycles. The van der Waals surface area contributed by atoms with Crippen LogP contribution in [0.2, 0.25) is 0 Å². The van der Waals surface area contributed by atoms with Gasteiger partial charge in [0.05, 0.1) is 24.6 Å². The van der Waals surface area contributed by atoms with Crippen molar-refractivity contribution in [3.8, 4) is 11.4 Å². The van der Waals surface area contributed by atoms with Crippen LogP contribution in [0.25, 0.3) is 16.7 Å². The number of benzene rings is 2. The van der Waals surface area contributed by atoms with E-state index in [2.05, 4.69) is 4.98 Å². The van der Waals surface area contributed by atoms with Crippen LogP contribution in [0.15, 0.2) is 48.8 Å². The number of piperidine rings is 1. The molecule has 1 aliphatic heterocycles. The third kappa shape index (κ3) is 3.29. The van der Waals surface area contributed by atoms with Crippen molar-refractivity contribution in [3.63, 3.8) is 0 Å². The summed E-state index contributed by atoms with van der Waals surface area (Å²) < 4.78 is 7.26. The topological polar surface area (TPSA) is 47.4 Å². The molecule has 0 radical (unpaired) electrons. The minimum absolute atomic E-state index is 0.221. The van der Waals surface area contributed by atoms with Crippen LogP contribution in [0, 0.1) is 0 Å². The Hall–Kier alpha value is -2.82. The number of ether oxygens (including phenoxy) is 1. The first-order valence-electron chi connectivity index (χ1n) is 9.13. The number of amides is 1. The van der Waals surface area contributed by atoms with Crippen LogP contribution < -0.4 is 4.74 Å². The van der Waals surface area contributed by atoms with Crippen LogP contribution in [0.3, 0.4) is 0 Å². The van der Waals surface area contributed by atoms with Crippen molar-refractivity contribution in [1.82, 2.24) is 14.5 Å². The minimum Gasteiger partial charge on any atom is -0.497 e. The lowest BCUT2D eigenvalue weighted by molar-refractivity contribution is -0.131. The Morgan fingerprint density at radius 3 is 2.58 bits per heavy atom. The van der Waals surface area contributed by atoms with E-state index in [0.29, 0.717) is 6.42 Å². The van der Waals surface area contributed by atoms with Crippen LogP contribution in [0.1, 0.15) is 24.8 Å². The van der Waals surface area contributed by atoms with E-state index in [-0.39, 0.29) is 5.91 Å². The number of aromatic nitrogens is 2. The van der Waals surface area contributed by atoms with Gasteiger partial charge in [-0.15, -0.1) is 0 Å². The maximum atomic E-state index is 12.5. The second-order valence-electron chi connectivity index (χ2n) is 6.75. The maximum absolute atomic E-state index is 12.5. The van der Waals surface area contributed by atoms with E-state index in [1.54, 1.807) is 7.11 Å². The zero-order valence-electron chi connectivity index (χ0n) is 15.0. The summed E-state index contributed by atoms with van der Waals surface area (Å²) in [7, 11) is 1.66. The van der Waals surface area contributed by atoms with E-state index in [4.69, 9.17) is 4.74 Å². The Labute approximate surface area is 153 Å². The van der Waals surface area contributed by atoms with Crippen LogP contribution >= 0.6 is 0 Å². The zero-order valence-corrected chi connectivity index (χ0v) is 15.0. The molecule has 2 heterocycles. The van der Waals surface area contributed by atoms with Crippen LogP contribution in [-0.2, 0) is 11.2 Å². The van der Waals surface area contributed by atoms with Gasteiger partial charge in [-0.1, -0.05) is 6.07 Å². The van der Waals surface area contributed by atoms with Crippen LogP contribution in [-0.4, -0.2) is 40.6 Å². The van der Waals surface area contributed by atoms with E-state index >= 15 is 0 Å². The van der Waals surface area contributed by atoms with Gasteiger partial charge in [0.1, 0.15) is 12.1 Å². The second kappa shape index (κ2) is 7.20. The van der Waals surface area contributed by atoms with Crippen molar-refractivity contribution in [2.24, 2.45) is 0 Å². The molecule has 1 amide bonds. The van der Waals surface area contributed by atoms with Gasteiger partial charge in [-0.05, 0) is 61.2 Å². The number of fused-ring (bicyclic) bond motifs is 1. The van der Waals surface area contributed by atoms with E-state index in [1.165, 1.54) is 6.42 Å². The fraction of sp³-hybridized carbons (Fsp3) is 0.333. The number of nitrogens with zero attached hydrogens (tertiary/aromatic N) is 3. The summed E-state index contributed by atoms with van der Waals surface area (Å²) in [5, 5.41) is 0. The molecule has 0 bridgehead atoms. The molecule has 0 spiro atoms. The summed E-state index contributed by atoms with van der Waals surface area (Å²) in [4.78, 5) is 19.0. The molecule has 1 aromatic heterocycles. The fourth-order valence-electron chi connectivity index (χ4n) is 3.55. The quantitative estimate of drug-likeness (QED) is 0.723. The van der Waals surface area contributed by atoms with Gasteiger partial charge >= 0.3 is 0 Å². The predicted molar refractivity (Wildman–Crippen MR) is 102 cm³/mol. The molecule has 0 atom stereocenters. The van der Waals surface area contributed by atoms with Crippen molar-refractivity contribution >= 4 is 16.9 Å². The Morgan fingerprint density at radius 2 is 1.85 bits per heavy atom. The van der Waals surface area contributed by atoms with E-state index < -0.39 is 0 Å². The van der Waals surface area contributed by atoms with Crippen molar-refractivity contribution in [1.29, 1.82) is 0 Å². The van der Waals surface area contributed by atoms with Gasteiger partial charge in [-0.2, -0.15) is 0 Å². The molecule has 0 aliphatic carbocycles. The average Bonchev–Trinajstić information content (AvgIpc) is 3.12. The van der Waals surface area contributed by atoms with Gasteiger partial charge in [-0.25, -0.2) is 4.98 Å². The predicted octanol–water partition coefficient (Wildman–Crippen LogP) is 3.59. The number of hydrogen-bond acceptors (Lipinski definition) is 3. The first-order valence-corrected chi connectivity index (χ1v) is 9.13. The minimum atomic E-state index is 0.221. The highest BCUT2D eigenvalue weighted by Gasteiger charge is 2.17. The highest BCUT2D eigenvalue weighted by molar-refractivity contribution is 5.82. The van der Waals surface area contributed by atoms with Gasteiger partial charge < -0.3 is 9.64 Å².